The molecule has 0 spiro atoms. The molecule has 0 aliphatic rings. The second-order valence-electron chi connectivity index (χ2n) is 4.42. The molecule has 0 atom stereocenters. The van der Waals surface area contributed by atoms with Gasteiger partial charge in [-0.15, -0.1) is 0 Å². The van der Waals surface area contributed by atoms with E-state index in [1.54, 1.807) is 6.07 Å². The smallest absolute Gasteiger partial charge is 0.416 e. The first kappa shape index (κ1) is 15.8. The number of ether oxygens (including phenoxy) is 1. The van der Waals surface area contributed by atoms with Crippen LogP contribution in [0.3, 0.4) is 0 Å². The molecule has 0 unspecified atom stereocenters. The Hall–Kier alpha value is -1.56. The summed E-state index contributed by atoms with van der Waals surface area (Å²) < 4.78 is 56.4. The molecule has 0 heterocycles. The van der Waals surface area contributed by atoms with E-state index < -0.39 is 17.6 Å². The number of halogens is 5. The Kier molecular flexibility index (Phi) is 4.88. The van der Waals surface area contributed by atoms with Gasteiger partial charge >= 0.3 is 6.18 Å². The first-order chi connectivity index (χ1) is 9.88. The normalized spacial score (nSPS) is 11.5. The van der Waals surface area contributed by atoms with Crippen molar-refractivity contribution >= 4 is 15.9 Å². The molecular weight excluding hydrogens is 352 g/mol. The summed E-state index contributed by atoms with van der Waals surface area (Å²) in [5.74, 6) is -0.173. The second-order valence-corrected chi connectivity index (χ2v) is 4.98. The average Bonchev–Trinajstić information content (AvgIpc) is 2.44. The molecule has 21 heavy (non-hydrogen) atoms. The zero-order valence-electron chi connectivity index (χ0n) is 10.8. The Labute approximate surface area is 127 Å². The zero-order valence-corrected chi connectivity index (χ0v) is 12.3. The Morgan fingerprint density at radius 2 is 1.76 bits per heavy atom. The number of alkyl halides is 4. The fraction of sp³-hybridized carbons (Fsp3) is 0.200. The third-order valence-electron chi connectivity index (χ3n) is 2.75. The third-order valence-corrected chi connectivity index (χ3v) is 3.39. The van der Waals surface area contributed by atoms with Gasteiger partial charge < -0.3 is 4.74 Å². The highest BCUT2D eigenvalue weighted by Gasteiger charge is 2.30. The molecule has 2 aromatic rings. The van der Waals surface area contributed by atoms with Gasteiger partial charge in [-0.05, 0) is 35.4 Å². The van der Waals surface area contributed by atoms with E-state index in [9.17, 15) is 17.6 Å². The van der Waals surface area contributed by atoms with Gasteiger partial charge in [0.25, 0.3) is 0 Å². The predicted molar refractivity (Wildman–Crippen MR) is 74.8 cm³/mol. The molecule has 0 fully saturated rings. The molecule has 2 rings (SSSR count). The quantitative estimate of drug-likeness (QED) is 0.528. The highest BCUT2D eigenvalue weighted by atomic mass is 79.9. The first-order valence-electron chi connectivity index (χ1n) is 6.03. The molecule has 0 aromatic heterocycles. The fourth-order valence-corrected chi connectivity index (χ4v) is 2.11. The number of hydrogen-bond donors (Lipinski definition) is 0. The Morgan fingerprint density at radius 1 is 1.00 bits per heavy atom. The van der Waals surface area contributed by atoms with Crippen LogP contribution in [0.15, 0.2) is 42.5 Å². The van der Waals surface area contributed by atoms with Crippen molar-refractivity contribution in [3.05, 3.63) is 65.0 Å². The van der Waals surface area contributed by atoms with Gasteiger partial charge in [0.05, 0.1) is 5.56 Å². The fourth-order valence-electron chi connectivity index (χ4n) is 1.79. The molecule has 0 radical (unpaired) electrons. The topological polar surface area (TPSA) is 9.23 Å². The molecule has 0 N–H and O–H groups in total. The minimum Gasteiger partial charge on any atom is -0.489 e. The molecular formula is C15H11BrF4O. The molecule has 0 saturated carbocycles. The summed E-state index contributed by atoms with van der Waals surface area (Å²) in [5.41, 5.74) is 0.326. The van der Waals surface area contributed by atoms with Crippen molar-refractivity contribution in [3.63, 3.8) is 0 Å². The zero-order chi connectivity index (χ0) is 15.5. The average molecular weight is 363 g/mol. The largest absolute Gasteiger partial charge is 0.489 e. The van der Waals surface area contributed by atoms with E-state index in [0.29, 0.717) is 16.5 Å². The van der Waals surface area contributed by atoms with E-state index in [1.165, 1.54) is 24.3 Å². The van der Waals surface area contributed by atoms with E-state index in [4.69, 9.17) is 4.74 Å². The maximum Gasteiger partial charge on any atom is 0.416 e. The van der Waals surface area contributed by atoms with Gasteiger partial charge in [-0.25, -0.2) is 4.39 Å². The van der Waals surface area contributed by atoms with Crippen LogP contribution in [0, 0.1) is 5.82 Å². The van der Waals surface area contributed by atoms with Crippen LogP contribution in [0.5, 0.6) is 5.75 Å². The van der Waals surface area contributed by atoms with Crippen LogP contribution < -0.4 is 4.74 Å². The van der Waals surface area contributed by atoms with Crippen LogP contribution in [0.25, 0.3) is 0 Å². The van der Waals surface area contributed by atoms with Crippen molar-refractivity contribution in [3.8, 4) is 5.75 Å². The maximum absolute atomic E-state index is 13.3. The lowest BCUT2D eigenvalue weighted by atomic mass is 10.1. The Balaban J connectivity index is 2.11. The van der Waals surface area contributed by atoms with Crippen molar-refractivity contribution in [1.82, 2.24) is 0 Å². The molecule has 0 aliphatic carbocycles. The van der Waals surface area contributed by atoms with Gasteiger partial charge in [0.1, 0.15) is 18.2 Å². The van der Waals surface area contributed by atoms with Gasteiger partial charge in [-0.1, -0.05) is 28.1 Å². The molecule has 2 aromatic carbocycles. The number of rotatable bonds is 4. The van der Waals surface area contributed by atoms with Crippen molar-refractivity contribution in [1.29, 1.82) is 0 Å². The van der Waals surface area contributed by atoms with Gasteiger partial charge in [0.15, 0.2) is 0 Å². The summed E-state index contributed by atoms with van der Waals surface area (Å²) in [6.45, 7) is -0.0604. The molecule has 112 valence electrons. The van der Waals surface area contributed by atoms with Crippen LogP contribution in [-0.2, 0) is 18.1 Å². The standard InChI is InChI=1S/C15H11BrF4O/c16-8-11-5-13(17)7-14(6-11)21-9-10-2-1-3-12(4-10)15(18,19)20/h1-7H,8-9H2. The molecule has 0 bridgehead atoms. The van der Waals surface area contributed by atoms with Crippen LogP contribution in [-0.4, -0.2) is 0 Å². The van der Waals surface area contributed by atoms with Crippen molar-refractivity contribution < 1.29 is 22.3 Å². The highest BCUT2D eigenvalue weighted by molar-refractivity contribution is 9.08. The molecule has 0 saturated heterocycles. The summed E-state index contributed by atoms with van der Waals surface area (Å²) in [6, 6.07) is 9.04. The van der Waals surface area contributed by atoms with Crippen LogP contribution in [0.1, 0.15) is 16.7 Å². The lowest BCUT2D eigenvalue weighted by molar-refractivity contribution is -0.137. The van der Waals surface area contributed by atoms with Crippen molar-refractivity contribution in [2.75, 3.05) is 0 Å². The molecule has 0 amide bonds. The SMILES string of the molecule is Fc1cc(CBr)cc(OCc2cccc(C(F)(F)F)c2)c1. The summed E-state index contributed by atoms with van der Waals surface area (Å²) in [7, 11) is 0. The van der Waals surface area contributed by atoms with E-state index in [1.807, 2.05) is 0 Å². The minimum atomic E-state index is -4.39. The van der Waals surface area contributed by atoms with Crippen LogP contribution in [0.4, 0.5) is 17.6 Å². The van der Waals surface area contributed by atoms with Crippen LogP contribution >= 0.6 is 15.9 Å². The summed E-state index contributed by atoms with van der Waals surface area (Å²) in [4.78, 5) is 0. The van der Waals surface area contributed by atoms with E-state index in [-0.39, 0.29) is 12.4 Å². The summed E-state index contributed by atoms with van der Waals surface area (Å²) in [5, 5.41) is 0.463. The van der Waals surface area contributed by atoms with E-state index in [2.05, 4.69) is 15.9 Å². The number of benzene rings is 2. The van der Waals surface area contributed by atoms with Gasteiger partial charge in [0, 0.05) is 11.4 Å². The molecule has 6 heteroatoms. The van der Waals surface area contributed by atoms with Gasteiger partial charge in [0.2, 0.25) is 0 Å². The third kappa shape index (κ3) is 4.46. The molecule has 1 nitrogen and oxygen atoms in total. The summed E-state index contributed by atoms with van der Waals surface area (Å²) >= 11 is 3.21. The van der Waals surface area contributed by atoms with Crippen molar-refractivity contribution in [2.24, 2.45) is 0 Å². The van der Waals surface area contributed by atoms with Crippen LogP contribution in [0.2, 0.25) is 0 Å². The summed E-state index contributed by atoms with van der Waals surface area (Å²) in [6.07, 6.45) is -4.39. The van der Waals surface area contributed by atoms with Gasteiger partial charge in [-0.2, -0.15) is 13.2 Å². The monoisotopic (exact) mass is 362 g/mol. The first-order valence-corrected chi connectivity index (χ1v) is 7.15. The maximum atomic E-state index is 13.3. The van der Waals surface area contributed by atoms with E-state index >= 15 is 0 Å². The molecule has 0 aliphatic heterocycles. The predicted octanol–water partition coefficient (Wildman–Crippen LogP) is 5.32. The highest BCUT2D eigenvalue weighted by Crippen LogP contribution is 2.29. The lowest BCUT2D eigenvalue weighted by Gasteiger charge is -2.10. The number of hydrogen-bond acceptors (Lipinski definition) is 1. The Morgan fingerprint density at radius 3 is 2.43 bits per heavy atom. The van der Waals surface area contributed by atoms with Crippen molar-refractivity contribution in [2.45, 2.75) is 18.1 Å². The Bertz CT molecular complexity index is 625. The van der Waals surface area contributed by atoms with E-state index in [0.717, 1.165) is 12.1 Å². The minimum absolute atomic E-state index is 0.0604. The van der Waals surface area contributed by atoms with Gasteiger partial charge in [-0.3, -0.25) is 0 Å². The lowest BCUT2D eigenvalue weighted by Crippen LogP contribution is -2.06. The second kappa shape index (κ2) is 6.47.